The number of H-pyrrole nitrogens is 1. The first-order valence-corrected chi connectivity index (χ1v) is 6.13. The molecule has 2 aromatic rings. The van der Waals surface area contributed by atoms with Crippen LogP contribution in [-0.4, -0.2) is 25.6 Å². The first kappa shape index (κ1) is 12.5. The summed E-state index contributed by atoms with van der Waals surface area (Å²) in [6, 6.07) is -0.368. The second kappa shape index (κ2) is 4.73. The lowest BCUT2D eigenvalue weighted by atomic mass is 9.96. The van der Waals surface area contributed by atoms with Gasteiger partial charge in [0.25, 0.3) is 0 Å². The average molecular weight is 266 g/mol. The van der Waals surface area contributed by atoms with Gasteiger partial charge in [-0.25, -0.2) is 9.78 Å². The topological polar surface area (TPSA) is 95.6 Å². The van der Waals surface area contributed by atoms with Crippen LogP contribution in [0.25, 0.3) is 0 Å². The molecule has 96 valence electrons. The zero-order chi connectivity index (χ0) is 13.2. The average Bonchev–Trinajstić information content (AvgIpc) is 2.87. The van der Waals surface area contributed by atoms with Crippen molar-refractivity contribution in [1.29, 1.82) is 0 Å². The summed E-state index contributed by atoms with van der Waals surface area (Å²) in [6.45, 7) is 6.05. The van der Waals surface area contributed by atoms with E-state index in [1.807, 2.05) is 20.8 Å². The van der Waals surface area contributed by atoms with Crippen LogP contribution in [0.15, 0.2) is 12.4 Å². The van der Waals surface area contributed by atoms with E-state index >= 15 is 0 Å². The van der Waals surface area contributed by atoms with Gasteiger partial charge >= 0.3 is 6.03 Å². The summed E-state index contributed by atoms with van der Waals surface area (Å²) < 4.78 is 4.21. The Morgan fingerprint density at radius 2 is 2.17 bits per heavy atom. The smallest absolute Gasteiger partial charge is 0.305 e. The van der Waals surface area contributed by atoms with E-state index in [0.29, 0.717) is 16.6 Å². The number of anilines is 2. The van der Waals surface area contributed by atoms with Gasteiger partial charge in [0, 0.05) is 23.1 Å². The van der Waals surface area contributed by atoms with Crippen molar-refractivity contribution in [3.05, 3.63) is 18.2 Å². The van der Waals surface area contributed by atoms with Crippen LogP contribution in [0.5, 0.6) is 0 Å². The van der Waals surface area contributed by atoms with Gasteiger partial charge in [-0.3, -0.25) is 10.4 Å². The maximum absolute atomic E-state index is 11.6. The van der Waals surface area contributed by atoms with Gasteiger partial charge < -0.3 is 5.32 Å². The minimum atomic E-state index is -0.368. The molecular formula is C10H14N6OS. The third-order valence-corrected chi connectivity index (χ3v) is 2.70. The number of urea groups is 1. The summed E-state index contributed by atoms with van der Waals surface area (Å²) in [5.41, 5.74) is 0.463. The molecule has 3 N–H and O–H groups in total. The number of hydrogen-bond acceptors (Lipinski definition) is 5. The van der Waals surface area contributed by atoms with Crippen molar-refractivity contribution in [3.63, 3.8) is 0 Å². The molecule has 0 spiro atoms. The van der Waals surface area contributed by atoms with Crippen molar-refractivity contribution < 1.29 is 4.79 Å². The number of carbonyl (C=O) groups is 1. The molecule has 7 nitrogen and oxygen atoms in total. The Balaban J connectivity index is 1.97. The quantitative estimate of drug-likeness (QED) is 0.776. The van der Waals surface area contributed by atoms with E-state index in [0.717, 1.165) is 11.5 Å². The van der Waals surface area contributed by atoms with E-state index in [9.17, 15) is 4.79 Å². The van der Waals surface area contributed by atoms with Gasteiger partial charge in [0.15, 0.2) is 0 Å². The number of carbonyl (C=O) groups excluding carboxylic acids is 1. The molecular weight excluding hydrogens is 252 g/mol. The van der Waals surface area contributed by atoms with Crippen LogP contribution < -0.4 is 10.6 Å². The van der Waals surface area contributed by atoms with Gasteiger partial charge in [-0.15, -0.1) is 0 Å². The zero-order valence-electron chi connectivity index (χ0n) is 10.3. The van der Waals surface area contributed by atoms with Crippen molar-refractivity contribution >= 4 is 28.4 Å². The largest absolute Gasteiger partial charge is 0.325 e. The Bertz CT molecular complexity index is 527. The van der Waals surface area contributed by atoms with Crippen LogP contribution in [0.4, 0.5) is 15.6 Å². The van der Waals surface area contributed by atoms with Crippen LogP contribution in [0.3, 0.4) is 0 Å². The Kier molecular flexibility index (Phi) is 3.28. The van der Waals surface area contributed by atoms with Crippen LogP contribution in [0.2, 0.25) is 0 Å². The molecule has 2 aromatic heterocycles. The fraction of sp³-hybridized carbons (Fsp3) is 0.400. The van der Waals surface area contributed by atoms with E-state index in [-0.39, 0.29) is 11.4 Å². The lowest BCUT2D eigenvalue weighted by Gasteiger charge is -2.12. The van der Waals surface area contributed by atoms with Gasteiger partial charge in [-0.2, -0.15) is 9.47 Å². The Morgan fingerprint density at radius 3 is 2.72 bits per heavy atom. The third-order valence-electron chi connectivity index (χ3n) is 2.07. The number of rotatable bonds is 2. The lowest BCUT2D eigenvalue weighted by Crippen LogP contribution is -2.19. The van der Waals surface area contributed by atoms with E-state index < -0.39 is 0 Å². The standard InChI is InChI=1S/C10H14N6OS/c1-10(2,3)7-14-9(18-16-7)15-8(17)13-6-4-11-12-5-6/h4-5H,1-3H3,(H,11,12)(H2,13,14,15,16,17). The predicted molar refractivity (Wildman–Crippen MR) is 69.8 cm³/mol. The minimum Gasteiger partial charge on any atom is -0.305 e. The molecule has 0 radical (unpaired) electrons. The van der Waals surface area contributed by atoms with Crippen molar-refractivity contribution in [2.75, 3.05) is 10.6 Å². The molecule has 0 fully saturated rings. The van der Waals surface area contributed by atoms with E-state index in [1.165, 1.54) is 6.20 Å². The Morgan fingerprint density at radius 1 is 1.39 bits per heavy atom. The molecule has 2 heterocycles. The summed E-state index contributed by atoms with van der Waals surface area (Å²) in [5.74, 6) is 0.714. The minimum absolute atomic E-state index is 0.128. The third kappa shape index (κ3) is 3.04. The molecule has 8 heteroatoms. The molecule has 18 heavy (non-hydrogen) atoms. The number of aromatic nitrogens is 4. The van der Waals surface area contributed by atoms with Gasteiger partial charge in [0.05, 0.1) is 11.9 Å². The van der Waals surface area contributed by atoms with E-state index in [1.54, 1.807) is 6.20 Å². The number of nitrogens with zero attached hydrogens (tertiary/aromatic N) is 3. The first-order valence-electron chi connectivity index (χ1n) is 5.36. The van der Waals surface area contributed by atoms with Gasteiger partial charge in [0.2, 0.25) is 5.13 Å². The second-order valence-electron chi connectivity index (χ2n) is 4.74. The molecule has 0 aliphatic heterocycles. The summed E-state index contributed by atoms with van der Waals surface area (Å²) in [4.78, 5) is 15.9. The second-order valence-corrected chi connectivity index (χ2v) is 5.49. The van der Waals surface area contributed by atoms with Crippen molar-refractivity contribution in [1.82, 2.24) is 19.6 Å². The molecule has 0 bridgehead atoms. The first-order chi connectivity index (χ1) is 8.45. The van der Waals surface area contributed by atoms with E-state index in [4.69, 9.17) is 0 Å². The van der Waals surface area contributed by atoms with Gasteiger partial charge in [-0.05, 0) is 0 Å². The molecule has 0 aliphatic rings. The number of amides is 2. The molecule has 0 aliphatic carbocycles. The van der Waals surface area contributed by atoms with E-state index in [2.05, 4.69) is 30.2 Å². The highest BCUT2D eigenvalue weighted by molar-refractivity contribution is 7.09. The Labute approximate surface area is 108 Å². The highest BCUT2D eigenvalue weighted by Crippen LogP contribution is 2.22. The summed E-state index contributed by atoms with van der Waals surface area (Å²) in [6.07, 6.45) is 3.10. The molecule has 0 atom stereocenters. The lowest BCUT2D eigenvalue weighted by molar-refractivity contribution is 0.262. The molecule has 0 unspecified atom stereocenters. The molecule has 2 rings (SSSR count). The SMILES string of the molecule is CC(C)(C)c1nsc(NC(=O)Nc2cn[nH]c2)n1. The van der Waals surface area contributed by atoms with Gasteiger partial charge in [-0.1, -0.05) is 20.8 Å². The highest BCUT2D eigenvalue weighted by atomic mass is 32.1. The number of aromatic amines is 1. The maximum atomic E-state index is 11.6. The summed E-state index contributed by atoms with van der Waals surface area (Å²) in [7, 11) is 0. The normalized spacial score (nSPS) is 11.3. The molecule has 2 amide bonds. The van der Waals surface area contributed by atoms with Crippen molar-refractivity contribution in [3.8, 4) is 0 Å². The van der Waals surface area contributed by atoms with Crippen molar-refractivity contribution in [2.24, 2.45) is 0 Å². The fourth-order valence-electron chi connectivity index (χ4n) is 1.16. The fourth-order valence-corrected chi connectivity index (χ4v) is 1.91. The Hall–Kier alpha value is -1.96. The highest BCUT2D eigenvalue weighted by Gasteiger charge is 2.20. The summed E-state index contributed by atoms with van der Waals surface area (Å²) >= 11 is 1.16. The number of hydrogen-bond donors (Lipinski definition) is 3. The predicted octanol–water partition coefficient (Wildman–Crippen LogP) is 2.20. The van der Waals surface area contributed by atoms with Crippen LogP contribution in [-0.2, 0) is 5.41 Å². The molecule has 0 saturated heterocycles. The maximum Gasteiger partial charge on any atom is 0.325 e. The van der Waals surface area contributed by atoms with Crippen molar-refractivity contribution in [2.45, 2.75) is 26.2 Å². The summed E-state index contributed by atoms with van der Waals surface area (Å²) in [5, 5.41) is 12.0. The molecule has 0 saturated carbocycles. The molecule has 0 aromatic carbocycles. The monoisotopic (exact) mass is 266 g/mol. The zero-order valence-corrected chi connectivity index (χ0v) is 11.1. The van der Waals surface area contributed by atoms with Crippen LogP contribution in [0, 0.1) is 0 Å². The van der Waals surface area contributed by atoms with Crippen LogP contribution >= 0.6 is 11.5 Å². The van der Waals surface area contributed by atoms with Gasteiger partial charge in [0.1, 0.15) is 5.82 Å². The number of nitrogens with one attached hydrogen (secondary N) is 3. The van der Waals surface area contributed by atoms with Crippen LogP contribution in [0.1, 0.15) is 26.6 Å².